The topological polar surface area (TPSA) is 39.7 Å². The van der Waals surface area contributed by atoms with Crippen molar-refractivity contribution in [3.05, 3.63) is 145 Å². The Morgan fingerprint density at radius 3 is 2.36 bits per heavy atom. The Labute approximate surface area is 251 Å². The Hall–Kier alpha value is -6.01. The van der Waals surface area contributed by atoms with Crippen molar-refractivity contribution in [2.75, 3.05) is 0 Å². The minimum Gasteiger partial charge on any atom is -0.404 e. The van der Waals surface area contributed by atoms with E-state index in [4.69, 9.17) is 9.72 Å². The van der Waals surface area contributed by atoms with Crippen molar-refractivity contribution in [1.82, 2.24) is 14.1 Å². The van der Waals surface area contributed by atoms with Crippen LogP contribution in [0, 0.1) is 0 Å². The van der Waals surface area contributed by atoms with Crippen LogP contribution in [0.25, 0.3) is 61.5 Å². The third-order valence-electron chi connectivity index (χ3n) is 9.58. The molecule has 0 N–H and O–H groups in total. The summed E-state index contributed by atoms with van der Waals surface area (Å²) in [5, 5.41) is 2.44. The van der Waals surface area contributed by atoms with E-state index in [1.54, 1.807) is 0 Å². The molecule has 11 rings (SSSR count). The lowest BCUT2D eigenvalue weighted by molar-refractivity contribution is -0.979. The van der Waals surface area contributed by atoms with Gasteiger partial charge in [0.2, 0.25) is 5.82 Å². The fraction of sp³-hybridized carbons (Fsp3) is 0.0263. The fourth-order valence-electron chi connectivity index (χ4n) is 7.83. The molecule has 4 aromatic carbocycles. The molecule has 4 aromatic heterocycles. The highest BCUT2D eigenvalue weighted by Crippen LogP contribution is 2.51. The number of fused-ring (bicyclic) bond motifs is 7. The van der Waals surface area contributed by atoms with Crippen LogP contribution in [0.2, 0.25) is 0 Å². The number of pyridine rings is 2. The molecule has 3 aliphatic rings. The first-order chi connectivity index (χ1) is 21.8. The van der Waals surface area contributed by atoms with E-state index in [0.717, 1.165) is 51.3 Å². The molecule has 0 bridgehead atoms. The molecule has 1 unspecified atom stereocenters. The van der Waals surface area contributed by atoms with Gasteiger partial charge >= 0.3 is 11.7 Å². The predicted octanol–water partition coefficient (Wildman–Crippen LogP) is 7.04. The maximum Gasteiger partial charge on any atom is 0.438 e. The van der Waals surface area contributed by atoms with Crippen molar-refractivity contribution in [1.29, 1.82) is 0 Å². The third-order valence-corrected chi connectivity index (χ3v) is 9.58. The standard InChI is InChI=1S/C38H23N5O/c1-2-9-24(10-3-1)25-16-18-26(19-17-25)29-23-41-37(39-29)31-13-8-15-34-43(31)38(41)35-32(44-34)21-20-28-27-11-4-5-12-30(27)42(36(28)35)33-14-6-7-22-40(33)38/h1-23H/q+2. The van der Waals surface area contributed by atoms with Gasteiger partial charge in [-0.05, 0) is 47.5 Å². The Bertz CT molecular complexity index is 2530. The molecule has 0 radical (unpaired) electrons. The second-order valence-corrected chi connectivity index (χ2v) is 11.7. The highest BCUT2D eigenvalue weighted by molar-refractivity contribution is 6.11. The number of ether oxygens (including phenoxy) is 1. The van der Waals surface area contributed by atoms with Crippen LogP contribution >= 0.6 is 0 Å². The van der Waals surface area contributed by atoms with E-state index >= 15 is 0 Å². The minimum atomic E-state index is -0.773. The van der Waals surface area contributed by atoms with E-state index in [1.807, 2.05) is 6.07 Å². The van der Waals surface area contributed by atoms with Crippen molar-refractivity contribution in [3.63, 3.8) is 0 Å². The SMILES string of the molecule is c1ccc(-c2ccc(-c3cn4c(n3)-c3cccc5[n+]3C43c4c(ccc6c7ccccc7n(c46)-c4cccc[n+]43)O5)cc2)cc1. The number of nitrogens with zero attached hydrogens (tertiary/aromatic N) is 5. The van der Waals surface area contributed by atoms with Crippen molar-refractivity contribution < 1.29 is 13.9 Å². The van der Waals surface area contributed by atoms with Crippen LogP contribution in [0.5, 0.6) is 11.6 Å². The lowest BCUT2D eigenvalue weighted by Gasteiger charge is -2.33. The number of hydrogen-bond donors (Lipinski definition) is 0. The molecule has 6 heteroatoms. The fourth-order valence-corrected chi connectivity index (χ4v) is 7.83. The first kappa shape index (κ1) is 22.6. The molecular formula is C38H23N5O+2. The summed E-state index contributed by atoms with van der Waals surface area (Å²) >= 11 is 0. The van der Waals surface area contributed by atoms with Crippen LogP contribution in [0.4, 0.5) is 0 Å². The van der Waals surface area contributed by atoms with Gasteiger partial charge in [0.05, 0.1) is 11.8 Å². The molecule has 0 aliphatic carbocycles. The molecule has 44 heavy (non-hydrogen) atoms. The van der Waals surface area contributed by atoms with Crippen molar-refractivity contribution >= 4 is 21.8 Å². The zero-order valence-corrected chi connectivity index (χ0v) is 23.4. The van der Waals surface area contributed by atoms with Gasteiger partial charge in [0.1, 0.15) is 11.7 Å². The van der Waals surface area contributed by atoms with E-state index in [9.17, 15) is 0 Å². The first-order valence-electron chi connectivity index (χ1n) is 14.9. The average molecular weight is 566 g/mol. The lowest BCUT2D eigenvalue weighted by atomic mass is 9.97. The van der Waals surface area contributed by atoms with E-state index < -0.39 is 5.79 Å². The van der Waals surface area contributed by atoms with E-state index in [-0.39, 0.29) is 0 Å². The van der Waals surface area contributed by atoms with E-state index in [2.05, 4.69) is 152 Å². The highest BCUT2D eigenvalue weighted by atomic mass is 16.5. The molecular weight excluding hydrogens is 542 g/mol. The lowest BCUT2D eigenvalue weighted by Crippen LogP contribution is -2.78. The maximum atomic E-state index is 6.71. The molecule has 0 fully saturated rings. The van der Waals surface area contributed by atoms with Gasteiger partial charge in [-0.3, -0.25) is 0 Å². The number of imidazole rings is 1. The van der Waals surface area contributed by atoms with Crippen LogP contribution in [0.1, 0.15) is 5.56 Å². The Morgan fingerprint density at radius 1 is 0.659 bits per heavy atom. The Kier molecular flexibility index (Phi) is 3.94. The van der Waals surface area contributed by atoms with E-state index in [0.29, 0.717) is 0 Å². The van der Waals surface area contributed by atoms with Crippen molar-refractivity contribution in [3.8, 4) is 51.3 Å². The van der Waals surface area contributed by atoms with E-state index in [1.165, 1.54) is 27.4 Å². The predicted molar refractivity (Wildman–Crippen MR) is 168 cm³/mol. The molecule has 0 saturated heterocycles. The number of hydrogen-bond acceptors (Lipinski definition) is 2. The molecule has 6 nitrogen and oxygen atoms in total. The quantitative estimate of drug-likeness (QED) is 0.211. The van der Waals surface area contributed by atoms with Crippen LogP contribution in [0.15, 0.2) is 140 Å². The molecule has 8 aromatic rings. The summed E-state index contributed by atoms with van der Waals surface area (Å²) in [4.78, 5) is 5.32. The van der Waals surface area contributed by atoms with Gasteiger partial charge < -0.3 is 4.74 Å². The van der Waals surface area contributed by atoms with Gasteiger partial charge in [-0.1, -0.05) is 77.4 Å². The smallest absolute Gasteiger partial charge is 0.404 e. The Morgan fingerprint density at radius 2 is 1.45 bits per heavy atom. The Balaban J connectivity index is 1.25. The average Bonchev–Trinajstić information content (AvgIpc) is 3.75. The number of para-hydroxylation sites is 1. The van der Waals surface area contributed by atoms with Gasteiger partial charge in [-0.15, -0.1) is 4.57 Å². The highest BCUT2D eigenvalue weighted by Gasteiger charge is 2.68. The normalized spacial score (nSPS) is 16.5. The zero-order valence-electron chi connectivity index (χ0n) is 23.4. The summed E-state index contributed by atoms with van der Waals surface area (Å²) in [5.74, 6) is 2.88. The summed E-state index contributed by atoms with van der Waals surface area (Å²) in [6.07, 6.45) is 4.41. The molecule has 3 aliphatic heterocycles. The summed E-state index contributed by atoms with van der Waals surface area (Å²) in [6, 6.07) is 45.0. The summed E-state index contributed by atoms with van der Waals surface area (Å²) < 4.78 is 16.2. The van der Waals surface area contributed by atoms with Gasteiger partial charge in [0, 0.05) is 34.7 Å². The monoisotopic (exact) mass is 565 g/mol. The van der Waals surface area contributed by atoms with Gasteiger partial charge in [-0.2, -0.15) is 4.57 Å². The van der Waals surface area contributed by atoms with Gasteiger partial charge in [0.25, 0.3) is 11.5 Å². The molecule has 204 valence electrons. The van der Waals surface area contributed by atoms with Crippen LogP contribution in [-0.4, -0.2) is 14.1 Å². The minimum absolute atomic E-state index is 0.773. The first-order valence-corrected chi connectivity index (χ1v) is 14.9. The number of rotatable bonds is 2. The van der Waals surface area contributed by atoms with Crippen LogP contribution in [-0.2, 0) is 5.79 Å². The molecule has 1 atom stereocenters. The largest absolute Gasteiger partial charge is 0.438 e. The van der Waals surface area contributed by atoms with Crippen LogP contribution in [0.3, 0.4) is 0 Å². The molecule has 7 heterocycles. The summed E-state index contributed by atoms with van der Waals surface area (Å²) in [5.41, 5.74) is 8.89. The van der Waals surface area contributed by atoms with Crippen molar-refractivity contribution in [2.45, 2.75) is 5.79 Å². The molecule has 0 saturated carbocycles. The summed E-state index contributed by atoms with van der Waals surface area (Å²) in [7, 11) is 0. The van der Waals surface area contributed by atoms with Crippen molar-refractivity contribution in [2.24, 2.45) is 0 Å². The summed E-state index contributed by atoms with van der Waals surface area (Å²) in [6.45, 7) is 0. The van der Waals surface area contributed by atoms with Crippen LogP contribution < -0.4 is 13.9 Å². The number of benzene rings is 4. The van der Waals surface area contributed by atoms with Gasteiger partial charge in [0.15, 0.2) is 16.8 Å². The second kappa shape index (κ2) is 7.68. The molecule has 1 spiro atoms. The van der Waals surface area contributed by atoms with Gasteiger partial charge in [-0.25, -0.2) is 9.55 Å². The zero-order chi connectivity index (χ0) is 28.6. The second-order valence-electron chi connectivity index (χ2n) is 11.7. The number of aromatic nitrogens is 5. The maximum absolute atomic E-state index is 6.71. The molecule has 0 amide bonds. The third kappa shape index (κ3) is 2.49.